The molecule has 4 aromatic carbocycles. The minimum Gasteiger partial charge on any atom is -0.451 e. The van der Waals surface area contributed by atoms with Gasteiger partial charge in [-0.25, -0.2) is 9.69 Å². The van der Waals surface area contributed by atoms with Gasteiger partial charge in [-0.15, -0.1) is 0 Å². The molecule has 4 atom stereocenters. The van der Waals surface area contributed by atoms with Gasteiger partial charge in [0, 0.05) is 10.2 Å². The molecule has 7 heteroatoms. The number of benzene rings is 4. The fourth-order valence-electron chi connectivity index (χ4n) is 6.40. The Morgan fingerprint density at radius 3 is 1.98 bits per heavy atom. The van der Waals surface area contributed by atoms with Crippen LogP contribution >= 0.6 is 15.9 Å². The Morgan fingerprint density at radius 2 is 1.32 bits per heavy atom. The summed E-state index contributed by atoms with van der Waals surface area (Å²) in [6.45, 7) is 0. The molecule has 0 N–H and O–H groups in total. The first-order valence-electron chi connectivity index (χ1n) is 13.5. The van der Waals surface area contributed by atoms with E-state index < -0.39 is 36.0 Å². The SMILES string of the molecule is O=C(OC(c1ccccc1)c1ccccc1)[C@@H]1[C@@H]2C(=O)N(c3ccc(Br)cc3)C(=O)[C@H]2[C@@H]2C=Cc3ccccc3N12. The van der Waals surface area contributed by atoms with E-state index in [1.54, 1.807) is 24.3 Å². The monoisotopic (exact) mass is 604 g/mol. The van der Waals surface area contributed by atoms with Crippen LogP contribution in [0.1, 0.15) is 22.8 Å². The molecule has 2 amide bonds. The highest BCUT2D eigenvalue weighted by molar-refractivity contribution is 9.10. The molecule has 4 aromatic rings. The summed E-state index contributed by atoms with van der Waals surface area (Å²) in [5, 5.41) is 0. The van der Waals surface area contributed by atoms with Crippen molar-refractivity contribution in [1.29, 1.82) is 0 Å². The second-order valence-electron chi connectivity index (χ2n) is 10.4. The van der Waals surface area contributed by atoms with Crippen molar-refractivity contribution in [3.8, 4) is 0 Å². The van der Waals surface area contributed by atoms with Crippen LogP contribution < -0.4 is 9.80 Å². The first-order valence-corrected chi connectivity index (χ1v) is 14.3. The molecule has 0 saturated carbocycles. The van der Waals surface area contributed by atoms with Gasteiger partial charge < -0.3 is 9.64 Å². The minimum atomic E-state index is -0.983. The number of ether oxygens (including phenoxy) is 1. The average Bonchev–Trinajstić information content (AvgIpc) is 3.49. The fraction of sp³-hybridized carbons (Fsp3) is 0.147. The van der Waals surface area contributed by atoms with E-state index >= 15 is 0 Å². The highest BCUT2D eigenvalue weighted by atomic mass is 79.9. The van der Waals surface area contributed by atoms with Crippen molar-refractivity contribution in [3.05, 3.63) is 136 Å². The second-order valence-corrected chi connectivity index (χ2v) is 11.4. The zero-order valence-electron chi connectivity index (χ0n) is 21.8. The number of hydrogen-bond acceptors (Lipinski definition) is 5. The van der Waals surface area contributed by atoms with Crippen LogP contribution in [0.25, 0.3) is 6.08 Å². The molecule has 3 aliphatic rings. The van der Waals surface area contributed by atoms with Gasteiger partial charge in [-0.2, -0.15) is 0 Å². The van der Waals surface area contributed by atoms with Crippen LogP contribution in [0.3, 0.4) is 0 Å². The summed E-state index contributed by atoms with van der Waals surface area (Å²) < 4.78 is 7.17. The predicted molar refractivity (Wildman–Crippen MR) is 160 cm³/mol. The van der Waals surface area contributed by atoms with Crippen LogP contribution in [-0.2, 0) is 19.1 Å². The maximum atomic E-state index is 14.4. The Balaban J connectivity index is 1.32. The number of hydrogen-bond donors (Lipinski definition) is 0. The Kier molecular flexibility index (Phi) is 6.31. The first-order chi connectivity index (χ1) is 20.0. The lowest BCUT2D eigenvalue weighted by molar-refractivity contribution is -0.151. The van der Waals surface area contributed by atoms with Crippen molar-refractivity contribution >= 4 is 51.2 Å². The van der Waals surface area contributed by atoms with Crippen molar-refractivity contribution in [3.63, 3.8) is 0 Å². The summed E-state index contributed by atoms with van der Waals surface area (Å²) >= 11 is 3.42. The maximum absolute atomic E-state index is 14.4. The van der Waals surface area contributed by atoms with Crippen molar-refractivity contribution in [1.82, 2.24) is 0 Å². The molecule has 0 unspecified atom stereocenters. The smallest absolute Gasteiger partial charge is 0.330 e. The number of amides is 2. The van der Waals surface area contributed by atoms with Gasteiger partial charge in [-0.3, -0.25) is 9.59 Å². The minimum absolute atomic E-state index is 0.306. The average molecular weight is 605 g/mol. The van der Waals surface area contributed by atoms with Gasteiger partial charge >= 0.3 is 5.97 Å². The van der Waals surface area contributed by atoms with E-state index in [2.05, 4.69) is 15.9 Å². The standard InChI is InChI=1S/C34H25BrN2O4/c35-24-16-18-25(19-17-24)36-32(38)28-27-20-15-21-9-7-8-14-26(21)37(27)30(29(28)33(36)39)34(40)41-31(22-10-3-1-4-11-22)23-12-5-2-6-13-23/h1-20,27-31H/t27-,28-,29+,30-/m0/s1. The highest BCUT2D eigenvalue weighted by Crippen LogP contribution is 2.49. The molecular formula is C34H25BrN2O4. The van der Waals surface area contributed by atoms with Gasteiger partial charge in [0.15, 0.2) is 6.10 Å². The van der Waals surface area contributed by atoms with Crippen molar-refractivity contribution in [2.45, 2.75) is 18.2 Å². The lowest BCUT2D eigenvalue weighted by Gasteiger charge is -2.36. The molecule has 0 radical (unpaired) electrons. The highest BCUT2D eigenvalue weighted by Gasteiger charge is 2.65. The molecule has 2 fully saturated rings. The molecule has 0 bridgehead atoms. The molecule has 0 spiro atoms. The van der Waals surface area contributed by atoms with Crippen molar-refractivity contribution in [2.24, 2.45) is 11.8 Å². The maximum Gasteiger partial charge on any atom is 0.330 e. The van der Waals surface area contributed by atoms with Gasteiger partial charge in [0.25, 0.3) is 0 Å². The van der Waals surface area contributed by atoms with Gasteiger partial charge in [-0.1, -0.05) is 107 Å². The molecule has 3 heterocycles. The number of anilines is 2. The molecule has 3 aliphatic heterocycles. The molecule has 202 valence electrons. The van der Waals surface area contributed by atoms with Crippen LogP contribution in [0.2, 0.25) is 0 Å². The van der Waals surface area contributed by atoms with E-state index in [0.717, 1.165) is 26.9 Å². The summed E-state index contributed by atoms with van der Waals surface area (Å²) in [4.78, 5) is 45.6. The summed E-state index contributed by atoms with van der Waals surface area (Å²) in [6, 6.07) is 32.5. The second kappa shape index (κ2) is 10.2. The van der Waals surface area contributed by atoms with E-state index in [9.17, 15) is 14.4 Å². The lowest BCUT2D eigenvalue weighted by Crippen LogP contribution is -2.49. The van der Waals surface area contributed by atoms with E-state index in [4.69, 9.17) is 4.74 Å². The summed E-state index contributed by atoms with van der Waals surface area (Å²) in [6.07, 6.45) is 3.24. The third kappa shape index (κ3) is 4.19. The van der Waals surface area contributed by atoms with E-state index in [0.29, 0.717) is 5.69 Å². The third-order valence-electron chi connectivity index (χ3n) is 8.18. The van der Waals surface area contributed by atoms with Gasteiger partial charge in [-0.05, 0) is 47.0 Å². The zero-order chi connectivity index (χ0) is 28.1. The quantitative estimate of drug-likeness (QED) is 0.201. The summed E-state index contributed by atoms with van der Waals surface area (Å²) in [5.74, 6) is -2.85. The third-order valence-corrected chi connectivity index (χ3v) is 8.71. The Bertz CT molecular complexity index is 1630. The topological polar surface area (TPSA) is 66.9 Å². The molecule has 0 aromatic heterocycles. The molecular weight excluding hydrogens is 580 g/mol. The zero-order valence-corrected chi connectivity index (χ0v) is 23.4. The number of esters is 1. The van der Waals surface area contributed by atoms with Crippen LogP contribution in [0.4, 0.5) is 11.4 Å². The predicted octanol–water partition coefficient (Wildman–Crippen LogP) is 6.17. The number of rotatable bonds is 5. The van der Waals surface area contributed by atoms with E-state index in [1.807, 2.05) is 102 Å². The largest absolute Gasteiger partial charge is 0.451 e. The van der Waals surface area contributed by atoms with Gasteiger partial charge in [0.05, 0.1) is 23.6 Å². The number of para-hydroxylation sites is 1. The number of carbonyl (C=O) groups excluding carboxylic acids is 3. The summed E-state index contributed by atoms with van der Waals surface area (Å²) in [5.41, 5.74) is 3.87. The van der Waals surface area contributed by atoms with Crippen LogP contribution in [0.5, 0.6) is 0 Å². The van der Waals surface area contributed by atoms with Crippen LogP contribution in [0.15, 0.2) is 120 Å². The number of imide groups is 1. The van der Waals surface area contributed by atoms with Crippen molar-refractivity contribution < 1.29 is 19.1 Å². The molecule has 7 rings (SSSR count). The molecule has 2 saturated heterocycles. The van der Waals surface area contributed by atoms with E-state index in [-0.39, 0.29) is 11.8 Å². The molecule has 41 heavy (non-hydrogen) atoms. The number of halogens is 1. The number of nitrogens with zero attached hydrogens (tertiary/aromatic N) is 2. The Labute approximate surface area is 246 Å². The number of carbonyl (C=O) groups is 3. The molecule has 0 aliphatic carbocycles. The Morgan fingerprint density at radius 1 is 0.732 bits per heavy atom. The number of fused-ring (bicyclic) bond motifs is 5. The van der Waals surface area contributed by atoms with E-state index in [1.165, 1.54) is 4.90 Å². The summed E-state index contributed by atoms with van der Waals surface area (Å²) in [7, 11) is 0. The van der Waals surface area contributed by atoms with Crippen molar-refractivity contribution in [2.75, 3.05) is 9.80 Å². The van der Waals surface area contributed by atoms with Crippen LogP contribution in [0, 0.1) is 11.8 Å². The van der Waals surface area contributed by atoms with Crippen LogP contribution in [-0.4, -0.2) is 29.9 Å². The fourth-order valence-corrected chi connectivity index (χ4v) is 6.66. The Hall–Kier alpha value is -4.49. The lowest BCUT2D eigenvalue weighted by atomic mass is 9.88. The molecule has 6 nitrogen and oxygen atoms in total. The van der Waals surface area contributed by atoms with Gasteiger partial charge in [0.1, 0.15) is 6.04 Å². The first kappa shape index (κ1) is 25.5. The van der Waals surface area contributed by atoms with Gasteiger partial charge in [0.2, 0.25) is 11.8 Å². The normalized spacial score (nSPS) is 22.5.